The zero-order chi connectivity index (χ0) is 27.9. The maximum absolute atomic E-state index is 13.7. The summed E-state index contributed by atoms with van der Waals surface area (Å²) in [4.78, 5) is 27.9. The van der Waals surface area contributed by atoms with Gasteiger partial charge >= 0.3 is 0 Å². The van der Waals surface area contributed by atoms with Crippen molar-refractivity contribution in [3.8, 4) is 11.5 Å². The number of carbonyl (C=O) groups is 2. The minimum Gasteiger partial charge on any atom is -0.497 e. The molecule has 9 nitrogen and oxygen atoms in total. The normalized spacial score (nSPS) is 12.1. The molecule has 0 fully saturated rings. The Hall–Kier alpha value is -2.69. The van der Waals surface area contributed by atoms with E-state index in [0.29, 0.717) is 27.9 Å². The van der Waals surface area contributed by atoms with Crippen LogP contribution in [0, 0.1) is 5.92 Å². The maximum atomic E-state index is 13.7. The zero-order valence-corrected chi connectivity index (χ0v) is 24.1. The summed E-state index contributed by atoms with van der Waals surface area (Å²) >= 11 is 12.4. The van der Waals surface area contributed by atoms with Crippen molar-refractivity contribution in [1.29, 1.82) is 0 Å². The number of nitrogens with one attached hydrogen (secondary N) is 1. The third-order valence-corrected chi connectivity index (χ3v) is 7.25. The maximum Gasteiger partial charge on any atom is 0.244 e. The Bertz CT molecular complexity index is 1220. The van der Waals surface area contributed by atoms with Gasteiger partial charge in [0.1, 0.15) is 24.1 Å². The molecule has 0 unspecified atom stereocenters. The average Bonchev–Trinajstić information content (AvgIpc) is 2.83. The van der Waals surface area contributed by atoms with Crippen molar-refractivity contribution < 1.29 is 27.5 Å². The van der Waals surface area contributed by atoms with Crippen molar-refractivity contribution in [2.24, 2.45) is 5.92 Å². The number of anilines is 1. The summed E-state index contributed by atoms with van der Waals surface area (Å²) in [7, 11) is -1.12. The first-order chi connectivity index (χ1) is 17.3. The molecule has 2 aromatic rings. The fraction of sp³-hybridized carbons (Fsp3) is 0.440. The van der Waals surface area contributed by atoms with E-state index in [9.17, 15) is 18.0 Å². The Balaban J connectivity index is 2.49. The molecule has 12 heteroatoms. The van der Waals surface area contributed by atoms with Crippen molar-refractivity contribution in [3.05, 3.63) is 52.0 Å². The molecule has 0 saturated carbocycles. The van der Waals surface area contributed by atoms with Gasteiger partial charge in [-0.25, -0.2) is 8.42 Å². The minimum atomic E-state index is -3.95. The summed E-state index contributed by atoms with van der Waals surface area (Å²) in [5.74, 6) is -0.185. The van der Waals surface area contributed by atoms with Gasteiger partial charge in [-0.1, -0.05) is 43.1 Å². The molecule has 2 amide bonds. The van der Waals surface area contributed by atoms with Crippen LogP contribution in [0.4, 0.5) is 5.69 Å². The summed E-state index contributed by atoms with van der Waals surface area (Å²) in [6.07, 6.45) is 0.984. The second-order valence-corrected chi connectivity index (χ2v) is 11.6. The molecular formula is C25H33Cl2N3O6S. The Morgan fingerprint density at radius 1 is 1.03 bits per heavy atom. The monoisotopic (exact) mass is 573 g/mol. The highest BCUT2D eigenvalue weighted by Crippen LogP contribution is 2.34. The number of halogens is 2. The van der Waals surface area contributed by atoms with Crippen molar-refractivity contribution in [2.45, 2.75) is 33.4 Å². The van der Waals surface area contributed by atoms with E-state index in [1.165, 1.54) is 31.3 Å². The van der Waals surface area contributed by atoms with Gasteiger partial charge in [0.2, 0.25) is 21.8 Å². The fourth-order valence-corrected chi connectivity index (χ4v) is 4.77. The van der Waals surface area contributed by atoms with Crippen LogP contribution < -0.4 is 19.1 Å². The minimum absolute atomic E-state index is 0.0437. The Morgan fingerprint density at radius 3 is 2.24 bits per heavy atom. The highest BCUT2D eigenvalue weighted by atomic mass is 35.5. The molecule has 37 heavy (non-hydrogen) atoms. The van der Waals surface area contributed by atoms with E-state index in [1.54, 1.807) is 31.2 Å². The van der Waals surface area contributed by atoms with Crippen LogP contribution in [0.25, 0.3) is 0 Å². The Morgan fingerprint density at radius 2 is 1.70 bits per heavy atom. The number of hydrogen-bond donors (Lipinski definition) is 1. The van der Waals surface area contributed by atoms with Crippen LogP contribution in [0.15, 0.2) is 36.4 Å². The summed E-state index contributed by atoms with van der Waals surface area (Å²) < 4.78 is 37.2. The predicted octanol–water partition coefficient (Wildman–Crippen LogP) is 3.97. The van der Waals surface area contributed by atoms with Gasteiger partial charge in [0.05, 0.1) is 26.2 Å². The van der Waals surface area contributed by atoms with E-state index in [0.717, 1.165) is 10.6 Å². The number of carbonyl (C=O) groups excluding carboxylic acids is 2. The number of nitrogens with zero attached hydrogens (tertiary/aromatic N) is 2. The molecule has 0 aromatic heterocycles. The van der Waals surface area contributed by atoms with Crippen molar-refractivity contribution >= 4 is 50.7 Å². The Labute approximate surface area is 228 Å². The molecule has 2 rings (SSSR count). The first kappa shape index (κ1) is 30.5. The molecule has 1 N–H and O–H groups in total. The van der Waals surface area contributed by atoms with Crippen molar-refractivity contribution in [3.63, 3.8) is 0 Å². The summed E-state index contributed by atoms with van der Waals surface area (Å²) in [6, 6.07) is 8.51. The van der Waals surface area contributed by atoms with Gasteiger partial charge in [-0.2, -0.15) is 0 Å². The smallest absolute Gasteiger partial charge is 0.244 e. The molecule has 0 saturated heterocycles. The van der Waals surface area contributed by atoms with E-state index in [4.69, 9.17) is 32.7 Å². The SMILES string of the molecule is COc1ccc(OC)c(N(CC(=O)N(Cc2ccc(Cl)cc2Cl)[C@@H](C)C(=O)NCC(C)C)S(C)(=O)=O)c1. The molecular weight excluding hydrogens is 541 g/mol. The number of rotatable bonds is 12. The number of hydrogen-bond acceptors (Lipinski definition) is 6. The first-order valence-electron chi connectivity index (χ1n) is 11.5. The summed E-state index contributed by atoms with van der Waals surface area (Å²) in [5, 5.41) is 3.55. The quantitative estimate of drug-likeness (QED) is 0.412. The van der Waals surface area contributed by atoms with Gasteiger partial charge in [0, 0.05) is 29.2 Å². The highest BCUT2D eigenvalue weighted by molar-refractivity contribution is 7.92. The second kappa shape index (κ2) is 13.2. The number of benzene rings is 2. The van der Waals surface area contributed by atoms with Gasteiger partial charge in [0.15, 0.2) is 0 Å². The standard InChI is InChI=1S/C25H33Cl2N3O6S/c1-16(2)13-28-25(32)17(3)29(14-18-7-8-19(26)11-21(18)27)24(31)15-30(37(6,33)34)22-12-20(35-4)9-10-23(22)36-5/h7-12,16-17H,13-15H2,1-6H3,(H,28,32)/t17-/m0/s1. The van der Waals surface area contributed by atoms with Gasteiger partial charge in [-0.3, -0.25) is 13.9 Å². The third-order valence-electron chi connectivity index (χ3n) is 5.54. The lowest BCUT2D eigenvalue weighted by Crippen LogP contribution is -2.51. The fourth-order valence-electron chi connectivity index (χ4n) is 3.45. The predicted molar refractivity (Wildman–Crippen MR) is 146 cm³/mol. The van der Waals surface area contributed by atoms with Crippen LogP contribution in [-0.2, 0) is 26.2 Å². The molecule has 0 heterocycles. The van der Waals surface area contributed by atoms with E-state index < -0.39 is 28.5 Å². The summed E-state index contributed by atoms with van der Waals surface area (Å²) in [6.45, 7) is 5.27. The van der Waals surface area contributed by atoms with Crippen LogP contribution in [0.1, 0.15) is 26.3 Å². The molecule has 0 bridgehead atoms. The Kier molecular flexibility index (Phi) is 10.9. The van der Waals surface area contributed by atoms with E-state index in [1.807, 2.05) is 13.8 Å². The summed E-state index contributed by atoms with van der Waals surface area (Å²) in [5.41, 5.74) is 0.673. The average molecular weight is 575 g/mol. The third kappa shape index (κ3) is 8.41. The van der Waals surface area contributed by atoms with Gasteiger partial charge in [-0.05, 0) is 42.7 Å². The van der Waals surface area contributed by atoms with E-state index >= 15 is 0 Å². The number of amides is 2. The number of sulfonamides is 1. The lowest BCUT2D eigenvalue weighted by Gasteiger charge is -2.32. The molecule has 0 radical (unpaired) electrons. The van der Waals surface area contributed by atoms with E-state index in [2.05, 4.69) is 5.32 Å². The van der Waals surface area contributed by atoms with Crippen molar-refractivity contribution in [1.82, 2.24) is 10.2 Å². The molecule has 0 aliphatic carbocycles. The van der Waals surface area contributed by atoms with Gasteiger partial charge < -0.3 is 19.7 Å². The lowest BCUT2D eigenvalue weighted by molar-refractivity contribution is -0.139. The number of ether oxygens (including phenoxy) is 2. The molecule has 1 atom stereocenters. The molecule has 0 aliphatic heterocycles. The van der Waals surface area contributed by atoms with Crippen molar-refractivity contribution in [2.75, 3.05) is 37.9 Å². The molecule has 204 valence electrons. The van der Waals surface area contributed by atoms with Crippen LogP contribution >= 0.6 is 23.2 Å². The zero-order valence-electron chi connectivity index (χ0n) is 21.7. The second-order valence-electron chi connectivity index (χ2n) is 8.88. The first-order valence-corrected chi connectivity index (χ1v) is 14.1. The highest BCUT2D eigenvalue weighted by Gasteiger charge is 2.31. The van der Waals surface area contributed by atoms with Gasteiger partial charge in [-0.15, -0.1) is 0 Å². The largest absolute Gasteiger partial charge is 0.497 e. The van der Waals surface area contributed by atoms with Crippen LogP contribution in [0.2, 0.25) is 10.0 Å². The van der Waals surface area contributed by atoms with Crippen LogP contribution in [0.5, 0.6) is 11.5 Å². The van der Waals surface area contributed by atoms with Gasteiger partial charge in [0.25, 0.3) is 0 Å². The lowest BCUT2D eigenvalue weighted by atomic mass is 10.1. The van der Waals surface area contributed by atoms with E-state index in [-0.39, 0.29) is 29.8 Å². The van der Waals surface area contributed by atoms with Crippen LogP contribution in [0.3, 0.4) is 0 Å². The molecule has 2 aromatic carbocycles. The van der Waals surface area contributed by atoms with Crippen LogP contribution in [-0.4, -0.2) is 64.7 Å². The molecule has 0 aliphatic rings. The number of methoxy groups -OCH3 is 2. The topological polar surface area (TPSA) is 105 Å². The molecule has 0 spiro atoms.